The first-order valence-electron chi connectivity index (χ1n) is 4.76. The Hall–Kier alpha value is -2.50. The summed E-state index contributed by atoms with van der Waals surface area (Å²) in [5.41, 5.74) is 0.832. The van der Waals surface area contributed by atoms with Crippen molar-refractivity contribution in [3.63, 3.8) is 0 Å². The van der Waals surface area contributed by atoms with Gasteiger partial charge in [0.05, 0.1) is 11.1 Å². The number of non-ortho nitro benzene ring substituents is 1. The Morgan fingerprint density at radius 1 is 1.35 bits per heavy atom. The van der Waals surface area contributed by atoms with Gasteiger partial charge < -0.3 is 4.90 Å². The molecule has 0 N–H and O–H groups in total. The molecule has 0 saturated carbocycles. The van der Waals surface area contributed by atoms with Crippen LogP contribution < -0.4 is 4.90 Å². The number of aldehydes is 1. The SMILES string of the molecule is CN(/C=C\N=CC=O)c1ccc([N+](=O)[O-])cc1. The molecule has 6 nitrogen and oxygen atoms in total. The topological polar surface area (TPSA) is 75.8 Å². The Balaban J connectivity index is 2.72. The molecular formula is C11H11N3O3. The fourth-order valence-corrected chi connectivity index (χ4v) is 1.12. The molecule has 0 aliphatic heterocycles. The number of carbonyl (C=O) groups is 1. The van der Waals surface area contributed by atoms with Crippen molar-refractivity contribution in [2.75, 3.05) is 11.9 Å². The molecule has 17 heavy (non-hydrogen) atoms. The van der Waals surface area contributed by atoms with Crippen LogP contribution in [0.25, 0.3) is 0 Å². The van der Waals surface area contributed by atoms with Gasteiger partial charge >= 0.3 is 0 Å². The summed E-state index contributed by atoms with van der Waals surface area (Å²) in [6.45, 7) is 0. The zero-order chi connectivity index (χ0) is 12.7. The zero-order valence-corrected chi connectivity index (χ0v) is 9.19. The van der Waals surface area contributed by atoms with Gasteiger partial charge in [-0.3, -0.25) is 19.9 Å². The molecule has 0 spiro atoms. The van der Waals surface area contributed by atoms with Crippen LogP contribution in [0.4, 0.5) is 11.4 Å². The second-order valence-electron chi connectivity index (χ2n) is 3.12. The highest BCUT2D eigenvalue weighted by Crippen LogP contribution is 2.18. The monoisotopic (exact) mass is 233 g/mol. The minimum Gasteiger partial charge on any atom is -0.350 e. The standard InChI is InChI=1S/C11H11N3O3/c1-13(8-6-12-7-9-15)10-2-4-11(5-3-10)14(16)17/h2-9H,1H3/b8-6-,12-7?. The molecule has 1 aromatic carbocycles. The fourth-order valence-electron chi connectivity index (χ4n) is 1.12. The summed E-state index contributed by atoms with van der Waals surface area (Å²) in [6.07, 6.45) is 4.80. The fraction of sp³-hybridized carbons (Fsp3) is 0.0909. The van der Waals surface area contributed by atoms with Crippen LogP contribution in [0.1, 0.15) is 0 Å². The van der Waals surface area contributed by atoms with Gasteiger partial charge in [-0.25, -0.2) is 0 Å². The van der Waals surface area contributed by atoms with Crippen molar-refractivity contribution < 1.29 is 9.72 Å². The van der Waals surface area contributed by atoms with Crippen molar-refractivity contribution in [2.45, 2.75) is 0 Å². The third-order valence-electron chi connectivity index (χ3n) is 1.99. The highest BCUT2D eigenvalue weighted by atomic mass is 16.6. The summed E-state index contributed by atoms with van der Waals surface area (Å²) in [7, 11) is 1.77. The molecule has 0 bridgehead atoms. The predicted molar refractivity (Wildman–Crippen MR) is 65.2 cm³/mol. The van der Waals surface area contributed by atoms with E-state index < -0.39 is 4.92 Å². The molecule has 1 aromatic rings. The summed E-state index contributed by atoms with van der Waals surface area (Å²) < 4.78 is 0. The Bertz CT molecular complexity index is 452. The Morgan fingerprint density at radius 3 is 2.53 bits per heavy atom. The average molecular weight is 233 g/mol. The molecule has 88 valence electrons. The minimum atomic E-state index is -0.450. The lowest BCUT2D eigenvalue weighted by atomic mass is 10.3. The smallest absolute Gasteiger partial charge is 0.269 e. The number of nitro groups is 1. The summed E-state index contributed by atoms with van der Waals surface area (Å²) in [4.78, 5) is 25.4. The number of nitrogens with zero attached hydrogens (tertiary/aromatic N) is 3. The van der Waals surface area contributed by atoms with Crippen molar-refractivity contribution in [2.24, 2.45) is 4.99 Å². The number of hydrogen-bond donors (Lipinski definition) is 0. The highest BCUT2D eigenvalue weighted by Gasteiger charge is 2.04. The van der Waals surface area contributed by atoms with Gasteiger partial charge in [0, 0.05) is 37.3 Å². The largest absolute Gasteiger partial charge is 0.350 e. The molecule has 0 amide bonds. The van der Waals surface area contributed by atoms with Crippen molar-refractivity contribution in [3.05, 3.63) is 46.8 Å². The van der Waals surface area contributed by atoms with Gasteiger partial charge in [-0.05, 0) is 12.1 Å². The van der Waals surface area contributed by atoms with E-state index in [1.54, 1.807) is 30.3 Å². The van der Waals surface area contributed by atoms with Crippen LogP contribution in [0.3, 0.4) is 0 Å². The van der Waals surface area contributed by atoms with E-state index >= 15 is 0 Å². The molecular weight excluding hydrogens is 222 g/mol. The maximum Gasteiger partial charge on any atom is 0.269 e. The molecule has 0 fully saturated rings. The van der Waals surface area contributed by atoms with Crippen LogP contribution in [-0.4, -0.2) is 24.5 Å². The third-order valence-corrected chi connectivity index (χ3v) is 1.99. The number of anilines is 1. The quantitative estimate of drug-likeness (QED) is 0.336. The first-order chi connectivity index (χ1) is 8.15. The Labute approximate surface area is 98.0 Å². The van der Waals surface area contributed by atoms with Gasteiger partial charge in [0.15, 0.2) is 6.29 Å². The average Bonchev–Trinajstić information content (AvgIpc) is 2.34. The van der Waals surface area contributed by atoms with Gasteiger partial charge in [-0.1, -0.05) is 0 Å². The van der Waals surface area contributed by atoms with E-state index in [9.17, 15) is 14.9 Å². The lowest BCUT2D eigenvalue weighted by Gasteiger charge is -2.12. The van der Waals surface area contributed by atoms with Crippen LogP contribution in [0.15, 0.2) is 41.7 Å². The molecule has 6 heteroatoms. The number of nitro benzene ring substituents is 1. The highest BCUT2D eigenvalue weighted by molar-refractivity contribution is 6.13. The maximum absolute atomic E-state index is 10.5. The van der Waals surface area contributed by atoms with Gasteiger partial charge in [-0.2, -0.15) is 0 Å². The van der Waals surface area contributed by atoms with Crippen molar-refractivity contribution in [3.8, 4) is 0 Å². The number of aliphatic imine (C=N–C) groups is 1. The normalized spacial score (nSPS) is 10.9. The van der Waals surface area contributed by atoms with E-state index in [4.69, 9.17) is 0 Å². The van der Waals surface area contributed by atoms with Crippen molar-refractivity contribution >= 4 is 23.9 Å². The first-order valence-corrected chi connectivity index (χ1v) is 4.76. The van der Waals surface area contributed by atoms with Gasteiger partial charge in [0.1, 0.15) is 0 Å². The second kappa shape index (κ2) is 6.16. The van der Waals surface area contributed by atoms with Gasteiger partial charge in [0.25, 0.3) is 5.69 Å². The molecule has 0 unspecified atom stereocenters. The van der Waals surface area contributed by atoms with Gasteiger partial charge in [-0.15, -0.1) is 0 Å². The minimum absolute atomic E-state index is 0.0464. The van der Waals surface area contributed by atoms with Crippen LogP contribution in [0, 0.1) is 10.1 Å². The number of carbonyl (C=O) groups excluding carboxylic acids is 1. The molecule has 0 radical (unpaired) electrons. The first kappa shape index (κ1) is 12.6. The van der Waals surface area contributed by atoms with Crippen LogP contribution >= 0.6 is 0 Å². The van der Waals surface area contributed by atoms with Gasteiger partial charge in [0.2, 0.25) is 0 Å². The number of benzene rings is 1. The van der Waals surface area contributed by atoms with Crippen LogP contribution in [-0.2, 0) is 4.79 Å². The Morgan fingerprint density at radius 2 is 2.00 bits per heavy atom. The molecule has 0 saturated heterocycles. The molecule has 0 heterocycles. The summed E-state index contributed by atoms with van der Waals surface area (Å²) in [6, 6.07) is 6.11. The zero-order valence-electron chi connectivity index (χ0n) is 9.19. The molecule has 0 aliphatic carbocycles. The molecule has 0 aromatic heterocycles. The molecule has 0 aliphatic rings. The van der Waals surface area contributed by atoms with Crippen LogP contribution in [0.2, 0.25) is 0 Å². The summed E-state index contributed by atoms with van der Waals surface area (Å²) in [5.74, 6) is 0. The lowest BCUT2D eigenvalue weighted by Crippen LogP contribution is -2.07. The maximum atomic E-state index is 10.5. The second-order valence-corrected chi connectivity index (χ2v) is 3.12. The van der Waals surface area contributed by atoms with E-state index in [1.807, 2.05) is 0 Å². The van der Waals surface area contributed by atoms with E-state index in [1.165, 1.54) is 18.3 Å². The summed E-state index contributed by atoms with van der Waals surface area (Å²) in [5, 5.41) is 10.5. The van der Waals surface area contributed by atoms with E-state index in [-0.39, 0.29) is 5.69 Å². The summed E-state index contributed by atoms with van der Waals surface area (Å²) >= 11 is 0. The lowest BCUT2D eigenvalue weighted by molar-refractivity contribution is -0.384. The van der Waals surface area contributed by atoms with E-state index in [0.29, 0.717) is 6.29 Å². The number of rotatable bonds is 5. The molecule has 1 rings (SSSR count). The van der Waals surface area contributed by atoms with E-state index in [2.05, 4.69) is 4.99 Å². The third kappa shape index (κ3) is 3.86. The number of hydrogen-bond acceptors (Lipinski definition) is 5. The van der Waals surface area contributed by atoms with Crippen LogP contribution in [0.5, 0.6) is 0 Å². The molecule has 0 atom stereocenters. The van der Waals surface area contributed by atoms with E-state index in [0.717, 1.165) is 11.9 Å². The van der Waals surface area contributed by atoms with Crippen molar-refractivity contribution in [1.82, 2.24) is 0 Å². The van der Waals surface area contributed by atoms with Crippen molar-refractivity contribution in [1.29, 1.82) is 0 Å². The predicted octanol–water partition coefficient (Wildman–Crippen LogP) is 1.77. The Kier molecular flexibility index (Phi) is 4.56.